The fourth-order valence-corrected chi connectivity index (χ4v) is 2.40. The zero-order valence-electron chi connectivity index (χ0n) is 9.55. The molecule has 0 bridgehead atoms. The third kappa shape index (κ3) is 2.05. The summed E-state index contributed by atoms with van der Waals surface area (Å²) < 4.78 is 13.0. The van der Waals surface area contributed by atoms with E-state index in [1.807, 2.05) is 20.0 Å². The molecule has 1 aromatic carbocycles. The molecule has 3 unspecified atom stereocenters. The van der Waals surface area contributed by atoms with Crippen LogP contribution in [0.1, 0.15) is 30.5 Å². The minimum absolute atomic E-state index is 0.144. The minimum Gasteiger partial charge on any atom is -0.313 e. The first kappa shape index (κ1) is 10.6. The molecule has 1 aromatic rings. The normalized spacial score (nSPS) is 26.4. The van der Waals surface area contributed by atoms with Crippen LogP contribution in [0.4, 0.5) is 4.39 Å². The van der Waals surface area contributed by atoms with Gasteiger partial charge in [-0.1, -0.05) is 13.0 Å². The van der Waals surface area contributed by atoms with Gasteiger partial charge in [0.05, 0.1) is 0 Å². The van der Waals surface area contributed by atoms with Gasteiger partial charge in [0.15, 0.2) is 0 Å². The first-order valence-corrected chi connectivity index (χ1v) is 5.56. The fraction of sp³-hybridized carbons (Fsp3) is 0.538. The summed E-state index contributed by atoms with van der Waals surface area (Å²) in [5.74, 6) is 1.38. The van der Waals surface area contributed by atoms with Crippen LogP contribution in [0, 0.1) is 24.6 Å². The maximum Gasteiger partial charge on any atom is 0.123 e. The van der Waals surface area contributed by atoms with E-state index in [0.29, 0.717) is 6.04 Å². The summed E-state index contributed by atoms with van der Waals surface area (Å²) in [5, 5.41) is 3.35. The van der Waals surface area contributed by atoms with E-state index in [9.17, 15) is 4.39 Å². The predicted molar refractivity (Wildman–Crippen MR) is 60.2 cm³/mol. The Bertz CT molecular complexity index is 362. The summed E-state index contributed by atoms with van der Waals surface area (Å²) in [6.07, 6.45) is 1.28. The molecule has 1 saturated carbocycles. The molecule has 1 nitrogen and oxygen atoms in total. The third-order valence-corrected chi connectivity index (χ3v) is 3.48. The minimum atomic E-state index is -0.144. The average molecular weight is 207 g/mol. The summed E-state index contributed by atoms with van der Waals surface area (Å²) in [5.41, 5.74) is 2.29. The van der Waals surface area contributed by atoms with E-state index >= 15 is 0 Å². The van der Waals surface area contributed by atoms with Gasteiger partial charge in [-0.15, -0.1) is 0 Å². The van der Waals surface area contributed by atoms with E-state index in [2.05, 4.69) is 12.2 Å². The van der Waals surface area contributed by atoms with Gasteiger partial charge in [-0.25, -0.2) is 4.39 Å². The molecule has 0 spiro atoms. The second-order valence-electron chi connectivity index (χ2n) is 4.64. The number of benzene rings is 1. The van der Waals surface area contributed by atoms with Crippen LogP contribution < -0.4 is 5.32 Å². The van der Waals surface area contributed by atoms with Crippen LogP contribution >= 0.6 is 0 Å². The molecule has 1 aliphatic rings. The van der Waals surface area contributed by atoms with Crippen LogP contribution in [0.3, 0.4) is 0 Å². The van der Waals surface area contributed by atoms with E-state index in [1.54, 1.807) is 12.1 Å². The molecule has 0 heterocycles. The highest BCUT2D eigenvalue weighted by Crippen LogP contribution is 2.47. The van der Waals surface area contributed by atoms with Crippen molar-refractivity contribution < 1.29 is 4.39 Å². The van der Waals surface area contributed by atoms with Gasteiger partial charge in [0.1, 0.15) is 5.82 Å². The van der Waals surface area contributed by atoms with Crippen molar-refractivity contribution in [2.45, 2.75) is 26.3 Å². The number of hydrogen-bond donors (Lipinski definition) is 1. The number of aryl methyl sites for hydroxylation is 1. The van der Waals surface area contributed by atoms with Gasteiger partial charge >= 0.3 is 0 Å². The zero-order chi connectivity index (χ0) is 11.0. The molecule has 2 rings (SSSR count). The second kappa shape index (κ2) is 3.93. The Morgan fingerprint density at radius 1 is 1.47 bits per heavy atom. The second-order valence-corrected chi connectivity index (χ2v) is 4.64. The van der Waals surface area contributed by atoms with Crippen molar-refractivity contribution in [3.05, 3.63) is 35.1 Å². The quantitative estimate of drug-likeness (QED) is 0.803. The molecule has 1 aliphatic carbocycles. The highest BCUT2D eigenvalue weighted by molar-refractivity contribution is 5.31. The Balaban J connectivity index is 2.26. The molecule has 0 saturated heterocycles. The molecule has 1 N–H and O–H groups in total. The Morgan fingerprint density at radius 3 is 2.60 bits per heavy atom. The van der Waals surface area contributed by atoms with Crippen LogP contribution in [0.25, 0.3) is 0 Å². The van der Waals surface area contributed by atoms with Crippen molar-refractivity contribution in [3.63, 3.8) is 0 Å². The van der Waals surface area contributed by atoms with Gasteiger partial charge in [0.25, 0.3) is 0 Å². The molecular formula is C13H18FN. The van der Waals surface area contributed by atoms with Crippen LogP contribution in [-0.4, -0.2) is 7.05 Å². The summed E-state index contributed by atoms with van der Waals surface area (Å²) in [6, 6.07) is 5.48. The maximum absolute atomic E-state index is 13.0. The lowest BCUT2D eigenvalue weighted by Crippen LogP contribution is -2.20. The third-order valence-electron chi connectivity index (χ3n) is 3.48. The number of rotatable bonds is 3. The number of hydrogen-bond acceptors (Lipinski definition) is 1. The Morgan fingerprint density at radius 2 is 2.13 bits per heavy atom. The van der Waals surface area contributed by atoms with Crippen molar-refractivity contribution in [1.82, 2.24) is 5.32 Å². The molecular weight excluding hydrogens is 189 g/mol. The standard InChI is InChI=1S/C13H18FN/c1-8-6-10(14)4-5-11(8)13(15-3)12-7-9(12)2/h4-6,9,12-13,15H,7H2,1-3H3. The van der Waals surface area contributed by atoms with Crippen molar-refractivity contribution in [1.29, 1.82) is 0 Å². The molecule has 82 valence electrons. The van der Waals surface area contributed by atoms with Crippen molar-refractivity contribution >= 4 is 0 Å². The van der Waals surface area contributed by atoms with Gasteiger partial charge in [0, 0.05) is 6.04 Å². The molecule has 0 radical (unpaired) electrons. The lowest BCUT2D eigenvalue weighted by atomic mass is 9.97. The molecule has 3 atom stereocenters. The van der Waals surface area contributed by atoms with Crippen molar-refractivity contribution in [2.75, 3.05) is 7.05 Å². The molecule has 15 heavy (non-hydrogen) atoms. The number of nitrogens with one attached hydrogen (secondary N) is 1. The van der Waals surface area contributed by atoms with Crippen LogP contribution in [-0.2, 0) is 0 Å². The molecule has 2 heteroatoms. The summed E-state index contributed by atoms with van der Waals surface area (Å²) >= 11 is 0. The Labute approximate surface area is 90.7 Å². The smallest absolute Gasteiger partial charge is 0.123 e. The average Bonchev–Trinajstić information content (AvgIpc) is 2.88. The molecule has 0 aliphatic heterocycles. The fourth-order valence-electron chi connectivity index (χ4n) is 2.40. The van der Waals surface area contributed by atoms with E-state index in [4.69, 9.17) is 0 Å². The lowest BCUT2D eigenvalue weighted by Gasteiger charge is -2.18. The van der Waals surface area contributed by atoms with Crippen LogP contribution in [0.2, 0.25) is 0 Å². The van der Waals surface area contributed by atoms with Gasteiger partial charge in [-0.3, -0.25) is 0 Å². The zero-order valence-corrected chi connectivity index (χ0v) is 9.55. The van der Waals surface area contributed by atoms with Gasteiger partial charge in [-0.05, 0) is 55.5 Å². The highest BCUT2D eigenvalue weighted by atomic mass is 19.1. The summed E-state index contributed by atoms with van der Waals surface area (Å²) in [7, 11) is 1.98. The van der Waals surface area contributed by atoms with Gasteiger partial charge < -0.3 is 5.32 Å². The van der Waals surface area contributed by atoms with Crippen LogP contribution in [0.5, 0.6) is 0 Å². The van der Waals surface area contributed by atoms with E-state index in [0.717, 1.165) is 17.4 Å². The van der Waals surface area contributed by atoms with E-state index in [-0.39, 0.29) is 5.82 Å². The van der Waals surface area contributed by atoms with Crippen LogP contribution in [0.15, 0.2) is 18.2 Å². The Kier molecular flexibility index (Phi) is 2.79. The van der Waals surface area contributed by atoms with E-state index in [1.165, 1.54) is 12.0 Å². The first-order chi connectivity index (χ1) is 7.13. The molecule has 0 aromatic heterocycles. The largest absolute Gasteiger partial charge is 0.313 e. The first-order valence-electron chi connectivity index (χ1n) is 5.56. The SMILES string of the molecule is CNC(c1ccc(F)cc1C)C1CC1C. The van der Waals surface area contributed by atoms with Gasteiger partial charge in [0.2, 0.25) is 0 Å². The van der Waals surface area contributed by atoms with Crippen molar-refractivity contribution in [3.8, 4) is 0 Å². The highest BCUT2D eigenvalue weighted by Gasteiger charge is 2.39. The summed E-state index contributed by atoms with van der Waals surface area (Å²) in [4.78, 5) is 0. The predicted octanol–water partition coefficient (Wildman–Crippen LogP) is 3.05. The van der Waals surface area contributed by atoms with Crippen molar-refractivity contribution in [2.24, 2.45) is 11.8 Å². The van der Waals surface area contributed by atoms with Gasteiger partial charge in [-0.2, -0.15) is 0 Å². The Hall–Kier alpha value is -0.890. The van der Waals surface area contributed by atoms with E-state index < -0.39 is 0 Å². The molecule has 1 fully saturated rings. The maximum atomic E-state index is 13.0. The summed E-state index contributed by atoms with van der Waals surface area (Å²) in [6.45, 7) is 4.25. The topological polar surface area (TPSA) is 12.0 Å². The number of halogens is 1. The molecule has 0 amide bonds. The lowest BCUT2D eigenvalue weighted by molar-refractivity contribution is 0.500. The monoisotopic (exact) mass is 207 g/mol.